The van der Waals surface area contributed by atoms with Crippen LogP contribution in [0.15, 0.2) is 47.5 Å². The highest BCUT2D eigenvalue weighted by Crippen LogP contribution is 2.20. The van der Waals surface area contributed by atoms with Gasteiger partial charge in [0.05, 0.1) is 6.61 Å². The number of ether oxygens (including phenoxy) is 1. The molecule has 0 aliphatic rings. The maximum Gasteiger partial charge on any atom is 0.190 e. The lowest BCUT2D eigenvalue weighted by Crippen LogP contribution is -2.37. The molecule has 0 bridgehead atoms. The van der Waals surface area contributed by atoms with E-state index >= 15 is 0 Å². The molecule has 0 saturated heterocycles. The minimum Gasteiger partial charge on any atom is -0.494 e. The van der Waals surface area contributed by atoms with E-state index in [1.165, 1.54) is 10.8 Å². The van der Waals surface area contributed by atoms with Crippen molar-refractivity contribution in [2.24, 2.45) is 4.99 Å². The second-order valence-corrected chi connectivity index (χ2v) is 4.74. The molecule has 0 fully saturated rings. The third kappa shape index (κ3) is 5.71. The molecule has 2 aromatic carbocycles. The maximum atomic E-state index is 5.79. The molecule has 2 aromatic rings. The van der Waals surface area contributed by atoms with Crippen LogP contribution in [-0.2, 0) is 0 Å². The molecule has 0 aliphatic heterocycles. The maximum absolute atomic E-state index is 5.79. The largest absolute Gasteiger partial charge is 0.494 e. The van der Waals surface area contributed by atoms with Crippen molar-refractivity contribution in [3.05, 3.63) is 42.5 Å². The van der Waals surface area contributed by atoms with Gasteiger partial charge in [0.15, 0.2) is 5.96 Å². The summed E-state index contributed by atoms with van der Waals surface area (Å²) in [6.45, 7) is 4.45. The summed E-state index contributed by atoms with van der Waals surface area (Å²) in [6.07, 6.45) is 0.928. The van der Waals surface area contributed by atoms with Crippen molar-refractivity contribution in [3.8, 4) is 5.75 Å². The molecule has 120 valence electrons. The predicted octanol–water partition coefficient (Wildman–Crippen LogP) is 3.41. The summed E-state index contributed by atoms with van der Waals surface area (Å²) < 4.78 is 5.79. The minimum absolute atomic E-state index is 0. The van der Waals surface area contributed by atoms with Crippen LogP contribution in [0.1, 0.15) is 13.3 Å². The number of benzene rings is 2. The first-order valence-corrected chi connectivity index (χ1v) is 7.39. The summed E-state index contributed by atoms with van der Waals surface area (Å²) >= 11 is 0. The Morgan fingerprint density at radius 3 is 2.59 bits per heavy atom. The minimum atomic E-state index is 0. The Morgan fingerprint density at radius 1 is 1.09 bits per heavy atom. The fourth-order valence-corrected chi connectivity index (χ4v) is 2.11. The monoisotopic (exact) mass is 413 g/mol. The van der Waals surface area contributed by atoms with Crippen LogP contribution in [0.5, 0.6) is 5.75 Å². The summed E-state index contributed by atoms with van der Waals surface area (Å²) in [7, 11) is 1.77. The quantitative estimate of drug-likeness (QED) is 0.330. The van der Waals surface area contributed by atoms with Gasteiger partial charge in [-0.25, -0.2) is 0 Å². The first-order chi connectivity index (χ1) is 10.3. The molecule has 2 rings (SSSR count). The molecule has 0 spiro atoms. The van der Waals surface area contributed by atoms with Gasteiger partial charge in [0.2, 0.25) is 0 Å². The molecule has 5 heteroatoms. The van der Waals surface area contributed by atoms with E-state index in [1.54, 1.807) is 7.05 Å². The molecule has 0 atom stereocenters. The number of hydrogen-bond donors (Lipinski definition) is 2. The summed E-state index contributed by atoms with van der Waals surface area (Å²) in [4.78, 5) is 4.12. The molecule has 0 aromatic heterocycles. The van der Waals surface area contributed by atoms with Crippen LogP contribution in [0.4, 0.5) is 0 Å². The van der Waals surface area contributed by atoms with E-state index in [2.05, 4.69) is 46.8 Å². The average molecular weight is 413 g/mol. The van der Waals surface area contributed by atoms with Crippen LogP contribution < -0.4 is 15.4 Å². The van der Waals surface area contributed by atoms with Gasteiger partial charge in [0.1, 0.15) is 5.75 Å². The molecule has 0 saturated carbocycles. The van der Waals surface area contributed by atoms with Gasteiger partial charge in [-0.15, -0.1) is 24.0 Å². The first-order valence-electron chi connectivity index (χ1n) is 7.39. The van der Waals surface area contributed by atoms with Crippen molar-refractivity contribution in [1.29, 1.82) is 0 Å². The average Bonchev–Trinajstić information content (AvgIpc) is 2.53. The third-order valence-electron chi connectivity index (χ3n) is 3.17. The Balaban J connectivity index is 0.00000242. The van der Waals surface area contributed by atoms with E-state index in [1.807, 2.05) is 18.2 Å². The van der Waals surface area contributed by atoms with Crippen molar-refractivity contribution in [3.63, 3.8) is 0 Å². The first kappa shape index (κ1) is 18.5. The molecule has 0 amide bonds. The van der Waals surface area contributed by atoms with Crippen LogP contribution in [0.3, 0.4) is 0 Å². The Labute approximate surface area is 149 Å². The van der Waals surface area contributed by atoms with E-state index in [0.29, 0.717) is 6.61 Å². The number of nitrogens with zero attached hydrogens (tertiary/aromatic N) is 1. The summed E-state index contributed by atoms with van der Waals surface area (Å²) in [5.41, 5.74) is 0. The Morgan fingerprint density at radius 2 is 1.86 bits per heavy atom. The normalized spacial score (nSPS) is 10.9. The van der Waals surface area contributed by atoms with Crippen LogP contribution in [0, 0.1) is 0 Å². The van der Waals surface area contributed by atoms with Gasteiger partial charge in [0, 0.05) is 20.1 Å². The number of halogens is 1. The van der Waals surface area contributed by atoms with Crippen molar-refractivity contribution < 1.29 is 4.74 Å². The lowest BCUT2D eigenvalue weighted by atomic mass is 10.1. The Hall–Kier alpha value is -1.50. The van der Waals surface area contributed by atoms with Gasteiger partial charge in [-0.3, -0.25) is 4.99 Å². The van der Waals surface area contributed by atoms with E-state index < -0.39 is 0 Å². The molecule has 4 nitrogen and oxygen atoms in total. The standard InChI is InChI=1S/C17H23N3O.HI/c1-3-19-17(18-2)20-11-6-12-21-16-10-9-14-7-4-5-8-15(14)13-16;/h4-5,7-10,13H,3,6,11-12H2,1-2H3,(H2,18,19,20);1H. The molecular weight excluding hydrogens is 389 g/mol. The number of rotatable bonds is 6. The third-order valence-corrected chi connectivity index (χ3v) is 3.17. The number of nitrogens with one attached hydrogen (secondary N) is 2. The zero-order valence-corrected chi connectivity index (χ0v) is 15.5. The topological polar surface area (TPSA) is 45.7 Å². The zero-order valence-electron chi connectivity index (χ0n) is 13.1. The number of hydrogen-bond acceptors (Lipinski definition) is 2. The highest BCUT2D eigenvalue weighted by atomic mass is 127. The van der Waals surface area contributed by atoms with Crippen LogP contribution in [0.2, 0.25) is 0 Å². The highest BCUT2D eigenvalue weighted by molar-refractivity contribution is 14.0. The summed E-state index contributed by atoms with van der Waals surface area (Å²) in [5, 5.41) is 8.85. The van der Waals surface area contributed by atoms with Gasteiger partial charge >= 0.3 is 0 Å². The predicted molar refractivity (Wildman–Crippen MR) is 105 cm³/mol. The van der Waals surface area contributed by atoms with Gasteiger partial charge in [-0.05, 0) is 36.2 Å². The van der Waals surface area contributed by atoms with E-state index in [4.69, 9.17) is 4.74 Å². The van der Waals surface area contributed by atoms with Crippen molar-refractivity contribution >= 4 is 40.7 Å². The van der Waals surface area contributed by atoms with Crippen LogP contribution >= 0.6 is 24.0 Å². The summed E-state index contributed by atoms with van der Waals surface area (Å²) in [5.74, 6) is 1.76. The van der Waals surface area contributed by atoms with Crippen molar-refractivity contribution in [2.45, 2.75) is 13.3 Å². The molecule has 2 N–H and O–H groups in total. The van der Waals surface area contributed by atoms with E-state index in [9.17, 15) is 0 Å². The fraction of sp³-hybridized carbons (Fsp3) is 0.353. The second kappa shape index (κ2) is 10.3. The lowest BCUT2D eigenvalue weighted by Gasteiger charge is -2.11. The lowest BCUT2D eigenvalue weighted by molar-refractivity contribution is 0.311. The molecule has 0 radical (unpaired) electrons. The van der Waals surface area contributed by atoms with Gasteiger partial charge in [0.25, 0.3) is 0 Å². The molecular formula is C17H24IN3O. The Bertz CT molecular complexity index is 601. The van der Waals surface area contributed by atoms with Crippen molar-refractivity contribution in [2.75, 3.05) is 26.7 Å². The van der Waals surface area contributed by atoms with Crippen LogP contribution in [0.25, 0.3) is 10.8 Å². The Kier molecular flexibility index (Phi) is 8.65. The van der Waals surface area contributed by atoms with E-state index in [-0.39, 0.29) is 24.0 Å². The second-order valence-electron chi connectivity index (χ2n) is 4.74. The summed E-state index contributed by atoms with van der Waals surface area (Å²) in [6, 6.07) is 14.5. The molecule has 0 unspecified atom stereocenters. The van der Waals surface area contributed by atoms with Crippen LogP contribution in [-0.4, -0.2) is 32.7 Å². The molecule has 0 heterocycles. The van der Waals surface area contributed by atoms with Gasteiger partial charge < -0.3 is 15.4 Å². The number of aliphatic imine (C=N–C) groups is 1. The SMILES string of the molecule is CCNC(=NC)NCCCOc1ccc2ccccc2c1.I. The van der Waals surface area contributed by atoms with Gasteiger partial charge in [-0.2, -0.15) is 0 Å². The highest BCUT2D eigenvalue weighted by Gasteiger charge is 1.98. The smallest absolute Gasteiger partial charge is 0.190 e. The van der Waals surface area contributed by atoms with E-state index in [0.717, 1.165) is 31.2 Å². The fourth-order valence-electron chi connectivity index (χ4n) is 2.11. The number of fused-ring (bicyclic) bond motifs is 1. The number of guanidine groups is 1. The molecule has 22 heavy (non-hydrogen) atoms. The molecule has 0 aliphatic carbocycles. The zero-order chi connectivity index (χ0) is 14.9. The van der Waals surface area contributed by atoms with Crippen molar-refractivity contribution in [1.82, 2.24) is 10.6 Å². The van der Waals surface area contributed by atoms with Gasteiger partial charge in [-0.1, -0.05) is 30.3 Å².